The molecule has 0 heterocycles. The summed E-state index contributed by atoms with van der Waals surface area (Å²) >= 11 is 0. The Morgan fingerprint density at radius 1 is 1.60 bits per heavy atom. The number of rotatable bonds is 4. The summed E-state index contributed by atoms with van der Waals surface area (Å²) in [5, 5.41) is 0. The summed E-state index contributed by atoms with van der Waals surface area (Å²) in [7, 11) is 1.93. The Morgan fingerprint density at radius 3 is 2.80 bits per heavy atom. The quantitative estimate of drug-likeness (QED) is 0.770. The molecule has 2 N–H and O–H groups in total. The zero-order valence-electron chi connectivity index (χ0n) is 9.20. The van der Waals surface area contributed by atoms with E-state index in [2.05, 4.69) is 6.58 Å². The van der Waals surface area contributed by atoms with Crippen LogP contribution in [0.5, 0.6) is 0 Å². The minimum atomic E-state index is -0.252. The third kappa shape index (κ3) is 2.80. The molecule has 0 bridgehead atoms. The Labute approximate surface area is 90.2 Å². The molecule has 1 rings (SSSR count). The molecule has 0 aliphatic rings. The predicted octanol–water partition coefficient (Wildman–Crippen LogP) is 2.47. The van der Waals surface area contributed by atoms with Crippen molar-refractivity contribution in [2.24, 2.45) is 5.73 Å². The fourth-order valence-electron chi connectivity index (χ4n) is 1.53. The first kappa shape index (κ1) is 11.7. The van der Waals surface area contributed by atoms with Crippen molar-refractivity contribution in [2.75, 3.05) is 18.5 Å². The topological polar surface area (TPSA) is 29.3 Å². The van der Waals surface area contributed by atoms with Gasteiger partial charge >= 0.3 is 0 Å². The van der Waals surface area contributed by atoms with E-state index in [1.165, 1.54) is 12.1 Å². The van der Waals surface area contributed by atoms with E-state index in [-0.39, 0.29) is 11.9 Å². The molecule has 0 saturated heterocycles. The second-order valence-corrected chi connectivity index (χ2v) is 3.66. The van der Waals surface area contributed by atoms with E-state index >= 15 is 0 Å². The number of likely N-dealkylation sites (N-methyl/N-ethyl adjacent to an activating group) is 1. The molecular weight excluding hydrogens is 191 g/mol. The van der Waals surface area contributed by atoms with Gasteiger partial charge in [0.15, 0.2) is 0 Å². The average Bonchev–Trinajstić information content (AvgIpc) is 2.17. The van der Waals surface area contributed by atoms with Crippen LogP contribution in [0.3, 0.4) is 0 Å². The maximum absolute atomic E-state index is 13.1. The van der Waals surface area contributed by atoms with Crippen LogP contribution in [0, 0.1) is 5.82 Å². The van der Waals surface area contributed by atoms with Crippen LogP contribution in [0.2, 0.25) is 0 Å². The largest absolute Gasteiger partial charge is 0.371 e. The predicted molar refractivity (Wildman–Crippen MR) is 62.5 cm³/mol. The molecule has 3 heteroatoms. The van der Waals surface area contributed by atoms with Gasteiger partial charge in [-0.1, -0.05) is 6.08 Å². The van der Waals surface area contributed by atoms with Crippen molar-refractivity contribution < 1.29 is 4.39 Å². The number of nitrogens with two attached hydrogens (primary N) is 1. The second kappa shape index (κ2) is 4.94. The minimum Gasteiger partial charge on any atom is -0.371 e. The fraction of sp³-hybridized carbons (Fsp3) is 0.333. The number of hydrogen-bond acceptors (Lipinski definition) is 2. The molecule has 0 unspecified atom stereocenters. The zero-order valence-corrected chi connectivity index (χ0v) is 9.20. The van der Waals surface area contributed by atoms with Crippen LogP contribution >= 0.6 is 0 Å². The van der Waals surface area contributed by atoms with Crippen LogP contribution < -0.4 is 10.6 Å². The van der Waals surface area contributed by atoms with Gasteiger partial charge < -0.3 is 10.6 Å². The van der Waals surface area contributed by atoms with Crippen LogP contribution in [-0.4, -0.2) is 13.6 Å². The third-order valence-corrected chi connectivity index (χ3v) is 2.29. The van der Waals surface area contributed by atoms with Crippen molar-refractivity contribution in [3.8, 4) is 0 Å². The number of anilines is 1. The van der Waals surface area contributed by atoms with Gasteiger partial charge in [-0.25, -0.2) is 4.39 Å². The Bertz CT molecular complexity index is 347. The van der Waals surface area contributed by atoms with Crippen molar-refractivity contribution in [3.05, 3.63) is 42.2 Å². The molecule has 82 valence electrons. The summed E-state index contributed by atoms with van der Waals surface area (Å²) < 4.78 is 13.1. The van der Waals surface area contributed by atoms with Crippen molar-refractivity contribution in [2.45, 2.75) is 13.0 Å². The first-order valence-electron chi connectivity index (χ1n) is 4.93. The maximum atomic E-state index is 13.1. The lowest BCUT2D eigenvalue weighted by Crippen LogP contribution is -2.20. The van der Waals surface area contributed by atoms with Gasteiger partial charge in [0.25, 0.3) is 0 Å². The van der Waals surface area contributed by atoms with Gasteiger partial charge in [0, 0.05) is 25.3 Å². The minimum absolute atomic E-state index is 0.178. The van der Waals surface area contributed by atoms with E-state index < -0.39 is 0 Å². The van der Waals surface area contributed by atoms with Crippen LogP contribution in [0.1, 0.15) is 18.5 Å². The third-order valence-electron chi connectivity index (χ3n) is 2.29. The van der Waals surface area contributed by atoms with Crippen molar-refractivity contribution in [1.29, 1.82) is 0 Å². The highest BCUT2D eigenvalue weighted by atomic mass is 19.1. The van der Waals surface area contributed by atoms with E-state index in [0.29, 0.717) is 6.54 Å². The molecule has 0 aliphatic heterocycles. The van der Waals surface area contributed by atoms with Crippen molar-refractivity contribution >= 4 is 5.69 Å². The zero-order chi connectivity index (χ0) is 11.4. The highest BCUT2D eigenvalue weighted by Crippen LogP contribution is 2.25. The summed E-state index contributed by atoms with van der Waals surface area (Å²) in [6, 6.07) is 4.50. The van der Waals surface area contributed by atoms with Gasteiger partial charge in [-0.05, 0) is 30.7 Å². The molecule has 1 aromatic rings. The monoisotopic (exact) mass is 208 g/mol. The lowest BCUT2D eigenvalue weighted by atomic mass is 10.1. The van der Waals surface area contributed by atoms with Gasteiger partial charge in [-0.2, -0.15) is 0 Å². The van der Waals surface area contributed by atoms with E-state index in [1.54, 1.807) is 12.1 Å². The smallest absolute Gasteiger partial charge is 0.123 e. The molecule has 0 radical (unpaired) electrons. The molecule has 1 aromatic carbocycles. The summed E-state index contributed by atoms with van der Waals surface area (Å²) in [4.78, 5) is 1.99. The fourth-order valence-corrected chi connectivity index (χ4v) is 1.53. The molecule has 0 aliphatic carbocycles. The van der Waals surface area contributed by atoms with Crippen LogP contribution in [0.4, 0.5) is 10.1 Å². The molecule has 15 heavy (non-hydrogen) atoms. The number of hydrogen-bond donors (Lipinski definition) is 1. The lowest BCUT2D eigenvalue weighted by Gasteiger charge is -2.22. The normalized spacial score (nSPS) is 12.3. The Morgan fingerprint density at radius 2 is 2.27 bits per heavy atom. The Hall–Kier alpha value is -1.35. The Kier molecular flexibility index (Phi) is 3.86. The van der Waals surface area contributed by atoms with Crippen LogP contribution in [0.15, 0.2) is 30.9 Å². The first-order valence-corrected chi connectivity index (χ1v) is 4.93. The number of nitrogens with zero attached hydrogens (tertiary/aromatic N) is 1. The average molecular weight is 208 g/mol. The Balaban J connectivity index is 3.10. The van der Waals surface area contributed by atoms with Gasteiger partial charge in [0.1, 0.15) is 5.82 Å². The summed E-state index contributed by atoms with van der Waals surface area (Å²) in [6.07, 6.45) is 1.80. The molecule has 1 atom stereocenters. The molecule has 0 amide bonds. The molecule has 0 aromatic heterocycles. The number of benzene rings is 1. The van der Waals surface area contributed by atoms with Gasteiger partial charge in [-0.15, -0.1) is 6.58 Å². The van der Waals surface area contributed by atoms with Crippen LogP contribution in [-0.2, 0) is 0 Å². The van der Waals surface area contributed by atoms with Gasteiger partial charge in [0.05, 0.1) is 0 Å². The summed E-state index contributed by atoms with van der Waals surface area (Å²) in [5.41, 5.74) is 7.57. The molecule has 0 fully saturated rings. The molecule has 0 saturated carbocycles. The summed E-state index contributed by atoms with van der Waals surface area (Å²) in [5.74, 6) is -0.252. The number of halogens is 1. The van der Waals surface area contributed by atoms with Gasteiger partial charge in [0.2, 0.25) is 0 Å². The van der Waals surface area contributed by atoms with E-state index in [0.717, 1.165) is 11.3 Å². The van der Waals surface area contributed by atoms with E-state index in [1.807, 2.05) is 18.9 Å². The van der Waals surface area contributed by atoms with Crippen molar-refractivity contribution in [1.82, 2.24) is 0 Å². The van der Waals surface area contributed by atoms with Gasteiger partial charge in [-0.3, -0.25) is 0 Å². The lowest BCUT2D eigenvalue weighted by molar-refractivity contribution is 0.622. The SMILES string of the molecule is C=CCN(C)c1ccc(F)cc1[C@@H](C)N. The second-order valence-electron chi connectivity index (χ2n) is 3.66. The van der Waals surface area contributed by atoms with Crippen molar-refractivity contribution in [3.63, 3.8) is 0 Å². The summed E-state index contributed by atoms with van der Waals surface area (Å²) in [6.45, 7) is 6.23. The standard InChI is InChI=1S/C12H17FN2/c1-4-7-15(3)12-6-5-10(13)8-11(12)9(2)14/h4-6,8-9H,1,7,14H2,2-3H3/t9-/m1/s1. The maximum Gasteiger partial charge on any atom is 0.123 e. The molecular formula is C12H17FN2. The highest BCUT2D eigenvalue weighted by Gasteiger charge is 2.10. The molecule has 0 spiro atoms. The highest BCUT2D eigenvalue weighted by molar-refractivity contribution is 5.54. The molecule has 2 nitrogen and oxygen atoms in total. The van der Waals surface area contributed by atoms with E-state index in [4.69, 9.17) is 5.73 Å². The first-order chi connectivity index (χ1) is 7.06. The van der Waals surface area contributed by atoms with Crippen LogP contribution in [0.25, 0.3) is 0 Å². The van der Waals surface area contributed by atoms with E-state index in [9.17, 15) is 4.39 Å².